The van der Waals surface area contributed by atoms with Crippen molar-refractivity contribution in [2.24, 2.45) is 0 Å². The Kier molecular flexibility index (Phi) is 5.62. The van der Waals surface area contributed by atoms with Gasteiger partial charge in [0.05, 0.1) is 6.61 Å². The summed E-state index contributed by atoms with van der Waals surface area (Å²) in [5, 5.41) is 20.8. The normalized spacial score (nSPS) is 25.6. The van der Waals surface area contributed by atoms with Gasteiger partial charge in [0.15, 0.2) is 6.10 Å². The first kappa shape index (κ1) is 18.4. The second-order valence-electron chi connectivity index (χ2n) is 5.48. The van der Waals surface area contributed by atoms with Crippen LogP contribution in [0.2, 0.25) is 0 Å². The highest BCUT2D eigenvalue weighted by Gasteiger charge is 2.59. The van der Waals surface area contributed by atoms with E-state index < -0.39 is 36.7 Å². The van der Waals surface area contributed by atoms with Crippen molar-refractivity contribution in [3.05, 3.63) is 22.7 Å². The average molecular weight is 347 g/mol. The lowest BCUT2D eigenvalue weighted by Crippen LogP contribution is -2.41. The van der Waals surface area contributed by atoms with Crippen LogP contribution in [0.15, 0.2) is 17.1 Å². The van der Waals surface area contributed by atoms with Gasteiger partial charge in [-0.25, -0.2) is 4.79 Å². The maximum atomic E-state index is 14.0. The van der Waals surface area contributed by atoms with Crippen molar-refractivity contribution in [2.75, 3.05) is 11.9 Å². The Labute approximate surface area is 136 Å². The number of carbonyl (C=O) groups excluding carboxylic acids is 1. The summed E-state index contributed by atoms with van der Waals surface area (Å²) in [6, 6.07) is 1.18. The van der Waals surface area contributed by atoms with Crippen molar-refractivity contribution in [3.63, 3.8) is 0 Å². The molecule has 0 aliphatic carbocycles. The second-order valence-corrected chi connectivity index (χ2v) is 5.48. The Morgan fingerprint density at radius 3 is 2.79 bits per heavy atom. The van der Waals surface area contributed by atoms with Crippen LogP contribution in [0.4, 0.5) is 14.6 Å². The van der Waals surface area contributed by atoms with E-state index in [4.69, 9.17) is 9.84 Å². The van der Waals surface area contributed by atoms with Crippen molar-refractivity contribution in [2.45, 2.75) is 50.5 Å². The predicted octanol–water partition coefficient (Wildman–Crippen LogP) is 0.258. The van der Waals surface area contributed by atoms with E-state index in [1.165, 1.54) is 6.07 Å². The zero-order valence-corrected chi connectivity index (χ0v) is 13.0. The Morgan fingerprint density at radius 1 is 1.54 bits per heavy atom. The van der Waals surface area contributed by atoms with Crippen molar-refractivity contribution >= 4 is 11.7 Å². The quantitative estimate of drug-likeness (QED) is 0.680. The maximum absolute atomic E-state index is 14.0. The third-order valence-corrected chi connectivity index (χ3v) is 3.67. The topological polar surface area (TPSA) is 114 Å². The lowest BCUT2D eigenvalue weighted by Gasteiger charge is -2.21. The molecule has 1 saturated heterocycles. The van der Waals surface area contributed by atoms with E-state index in [0.717, 1.165) is 12.6 Å². The third-order valence-electron chi connectivity index (χ3n) is 3.67. The molecule has 1 aromatic heterocycles. The molecule has 3 N–H and O–H groups in total. The van der Waals surface area contributed by atoms with Gasteiger partial charge in [0.1, 0.15) is 11.9 Å². The number of anilines is 1. The number of hydrogen-bond donors (Lipinski definition) is 3. The van der Waals surface area contributed by atoms with Crippen molar-refractivity contribution in [3.8, 4) is 0 Å². The van der Waals surface area contributed by atoms with Gasteiger partial charge in [-0.3, -0.25) is 9.36 Å². The molecule has 2 rings (SSSR count). The molecule has 0 unspecified atom stereocenters. The summed E-state index contributed by atoms with van der Waals surface area (Å²) in [7, 11) is 0. The van der Waals surface area contributed by atoms with E-state index in [1.807, 2.05) is 6.92 Å². The predicted molar refractivity (Wildman–Crippen MR) is 78.6 cm³/mol. The standard InChI is InChI=1S/C14H19F2N3O5/c1-2-3-4-10(21)17-9-5-6-19(13(23)18-9)12-14(15,16)11(22)8(7-20)24-12/h5-6,8,11-12,20,22H,2-4,7H2,1H3,(H,17,18,21,23)/t8-,11-,12-/m1/s1. The van der Waals surface area contributed by atoms with Gasteiger partial charge in [0, 0.05) is 12.6 Å². The minimum atomic E-state index is -3.77. The smallest absolute Gasteiger partial charge is 0.351 e. The molecule has 134 valence electrons. The maximum Gasteiger partial charge on any atom is 0.351 e. The average Bonchev–Trinajstić information content (AvgIpc) is 2.76. The van der Waals surface area contributed by atoms with Gasteiger partial charge >= 0.3 is 11.6 Å². The molecular formula is C14H19F2N3O5. The molecule has 0 aromatic carbocycles. The van der Waals surface area contributed by atoms with Gasteiger partial charge in [0.25, 0.3) is 0 Å². The van der Waals surface area contributed by atoms with Crippen LogP contribution in [-0.4, -0.2) is 50.4 Å². The lowest BCUT2D eigenvalue weighted by atomic mass is 10.1. The first-order valence-corrected chi connectivity index (χ1v) is 7.52. The molecule has 24 heavy (non-hydrogen) atoms. The number of nitrogens with zero attached hydrogens (tertiary/aromatic N) is 2. The molecular weight excluding hydrogens is 328 g/mol. The lowest BCUT2D eigenvalue weighted by molar-refractivity contribution is -0.141. The summed E-state index contributed by atoms with van der Waals surface area (Å²) in [6.07, 6.45) is -3.09. The number of aromatic nitrogens is 2. The van der Waals surface area contributed by atoms with Crippen LogP contribution in [0.3, 0.4) is 0 Å². The van der Waals surface area contributed by atoms with Crippen LogP contribution in [0.25, 0.3) is 0 Å². The summed E-state index contributed by atoms with van der Waals surface area (Å²) in [4.78, 5) is 27.1. The summed E-state index contributed by atoms with van der Waals surface area (Å²) < 4.78 is 33.4. The molecule has 0 bridgehead atoms. The highest BCUT2D eigenvalue weighted by molar-refractivity contribution is 5.89. The number of aliphatic hydroxyl groups excluding tert-OH is 2. The first-order valence-electron chi connectivity index (χ1n) is 7.52. The second kappa shape index (κ2) is 7.32. The fourth-order valence-electron chi connectivity index (χ4n) is 2.32. The molecule has 0 saturated carbocycles. The first-order chi connectivity index (χ1) is 11.3. The fraction of sp³-hybridized carbons (Fsp3) is 0.643. The van der Waals surface area contributed by atoms with Crippen molar-refractivity contribution in [1.29, 1.82) is 0 Å². The third kappa shape index (κ3) is 3.60. The van der Waals surface area contributed by atoms with Gasteiger partial charge in [0.2, 0.25) is 12.1 Å². The molecule has 1 aromatic rings. The zero-order chi connectivity index (χ0) is 17.9. The Balaban J connectivity index is 2.18. The summed E-state index contributed by atoms with van der Waals surface area (Å²) in [6.45, 7) is 1.10. The highest BCUT2D eigenvalue weighted by Crippen LogP contribution is 2.41. The van der Waals surface area contributed by atoms with Crippen LogP contribution >= 0.6 is 0 Å². The van der Waals surface area contributed by atoms with E-state index in [2.05, 4.69) is 10.3 Å². The van der Waals surface area contributed by atoms with Gasteiger partial charge in [-0.05, 0) is 12.5 Å². The van der Waals surface area contributed by atoms with Crippen molar-refractivity contribution in [1.82, 2.24) is 9.55 Å². The van der Waals surface area contributed by atoms with Crippen LogP contribution in [0.5, 0.6) is 0 Å². The zero-order valence-electron chi connectivity index (χ0n) is 13.0. The molecule has 3 atom stereocenters. The van der Waals surface area contributed by atoms with Gasteiger partial charge in [-0.15, -0.1) is 0 Å². The number of nitrogens with one attached hydrogen (secondary N) is 1. The highest BCUT2D eigenvalue weighted by atomic mass is 19.3. The molecule has 0 spiro atoms. The molecule has 1 aliphatic rings. The molecule has 10 heteroatoms. The molecule has 1 fully saturated rings. The molecule has 1 aliphatic heterocycles. The molecule has 2 heterocycles. The number of rotatable bonds is 6. The van der Waals surface area contributed by atoms with Crippen LogP contribution in [-0.2, 0) is 9.53 Å². The van der Waals surface area contributed by atoms with Crippen LogP contribution in [0, 0.1) is 0 Å². The number of carbonyl (C=O) groups is 1. The molecule has 1 amide bonds. The number of unbranched alkanes of at least 4 members (excludes halogenated alkanes) is 1. The monoisotopic (exact) mass is 347 g/mol. The minimum absolute atomic E-state index is 0.0575. The molecule has 0 radical (unpaired) electrons. The summed E-state index contributed by atoms with van der Waals surface area (Å²) >= 11 is 0. The Morgan fingerprint density at radius 2 is 2.25 bits per heavy atom. The van der Waals surface area contributed by atoms with E-state index in [-0.39, 0.29) is 18.1 Å². The van der Waals surface area contributed by atoms with Gasteiger partial charge < -0.3 is 20.3 Å². The number of aliphatic hydroxyl groups is 2. The number of alkyl halides is 2. The van der Waals surface area contributed by atoms with E-state index in [9.17, 15) is 23.5 Å². The van der Waals surface area contributed by atoms with Gasteiger partial charge in [-0.1, -0.05) is 13.3 Å². The minimum Gasteiger partial charge on any atom is -0.394 e. The van der Waals surface area contributed by atoms with Crippen LogP contribution < -0.4 is 11.0 Å². The van der Waals surface area contributed by atoms with Gasteiger partial charge in [-0.2, -0.15) is 13.8 Å². The molecule has 8 nitrogen and oxygen atoms in total. The van der Waals surface area contributed by atoms with E-state index >= 15 is 0 Å². The number of ether oxygens (including phenoxy) is 1. The van der Waals surface area contributed by atoms with E-state index in [1.54, 1.807) is 0 Å². The number of amides is 1. The Hall–Kier alpha value is -1.91. The Bertz CT molecular complexity index is 652. The number of hydrogen-bond acceptors (Lipinski definition) is 6. The summed E-state index contributed by atoms with van der Waals surface area (Å²) in [5.41, 5.74) is -1.07. The van der Waals surface area contributed by atoms with E-state index in [0.29, 0.717) is 11.0 Å². The number of halogens is 2. The fourth-order valence-corrected chi connectivity index (χ4v) is 2.32. The summed E-state index contributed by atoms with van der Waals surface area (Å²) in [5.74, 6) is -4.16. The SMILES string of the molecule is CCCCC(=O)Nc1ccn([C@@H]2O[C@H](CO)[C@@H](O)C2(F)F)c(=O)n1. The van der Waals surface area contributed by atoms with Crippen LogP contribution in [0.1, 0.15) is 32.4 Å². The largest absolute Gasteiger partial charge is 0.394 e. The van der Waals surface area contributed by atoms with Crippen molar-refractivity contribution < 1.29 is 28.5 Å².